The normalized spacial score (nSPS) is 10.2. The Morgan fingerprint density at radius 3 is 2.48 bits per heavy atom. The Hall–Kier alpha value is -2.18. The number of rotatable bonds is 5. The molecule has 0 unspecified atom stereocenters. The summed E-state index contributed by atoms with van der Waals surface area (Å²) in [6, 6.07) is 10.3. The molecule has 0 spiro atoms. The van der Waals surface area contributed by atoms with Crippen LogP contribution in [0.5, 0.6) is 0 Å². The number of nitrogens with one attached hydrogen (secondary N) is 2. The highest BCUT2D eigenvalue weighted by Gasteiger charge is 2.14. The molecule has 2 rings (SSSR count). The van der Waals surface area contributed by atoms with Crippen molar-refractivity contribution in [3.63, 3.8) is 0 Å². The van der Waals surface area contributed by atoms with Crippen LogP contribution in [-0.2, 0) is 16.0 Å². The van der Waals surface area contributed by atoms with E-state index in [-0.39, 0.29) is 5.78 Å². The first-order chi connectivity index (χ1) is 11.0. The molecule has 7 heteroatoms. The van der Waals surface area contributed by atoms with Crippen LogP contribution in [0.25, 0.3) is 0 Å². The number of anilines is 1. The maximum atomic E-state index is 11.8. The van der Waals surface area contributed by atoms with Crippen LogP contribution in [0.15, 0.2) is 36.4 Å². The van der Waals surface area contributed by atoms with Crippen molar-refractivity contribution in [2.75, 3.05) is 11.9 Å². The molecule has 1 aromatic carbocycles. The number of carbonyl (C=O) groups excluding carboxylic acids is 3. The molecule has 0 aliphatic heterocycles. The monoisotopic (exact) mass is 350 g/mol. The van der Waals surface area contributed by atoms with Crippen molar-refractivity contribution in [2.24, 2.45) is 0 Å². The van der Waals surface area contributed by atoms with Crippen molar-refractivity contribution in [3.8, 4) is 0 Å². The average molecular weight is 351 g/mol. The van der Waals surface area contributed by atoms with E-state index in [1.807, 2.05) is 6.07 Å². The molecule has 23 heavy (non-hydrogen) atoms. The zero-order valence-corrected chi connectivity index (χ0v) is 14.0. The molecule has 2 N–H and O–H groups in total. The molecule has 120 valence electrons. The van der Waals surface area contributed by atoms with Crippen molar-refractivity contribution in [1.29, 1.82) is 0 Å². The number of hydrogen-bond acceptors (Lipinski definition) is 4. The van der Waals surface area contributed by atoms with Gasteiger partial charge in [0.05, 0.1) is 15.6 Å². The van der Waals surface area contributed by atoms with E-state index in [1.54, 1.807) is 30.3 Å². The lowest BCUT2D eigenvalue weighted by Crippen LogP contribution is -2.36. The van der Waals surface area contributed by atoms with Crippen molar-refractivity contribution in [1.82, 2.24) is 5.32 Å². The summed E-state index contributed by atoms with van der Waals surface area (Å²) in [5.41, 5.74) is 0.388. The van der Waals surface area contributed by atoms with Gasteiger partial charge < -0.3 is 10.6 Å². The van der Waals surface area contributed by atoms with E-state index in [4.69, 9.17) is 11.6 Å². The fraction of sp³-hybridized carbons (Fsp3) is 0.188. The zero-order chi connectivity index (χ0) is 16.8. The molecular formula is C16H15ClN2O3S. The lowest BCUT2D eigenvalue weighted by atomic mass is 10.3. The van der Waals surface area contributed by atoms with E-state index >= 15 is 0 Å². The standard InChI is InChI=1S/C16H15ClN2O3S/c1-10(20)14-7-6-11(23-14)8-9-18-15(21)16(22)19-13-5-3-2-4-12(13)17/h2-7H,8-9H2,1H3,(H,18,21)(H,19,22). The van der Waals surface area contributed by atoms with Gasteiger partial charge in [-0.3, -0.25) is 14.4 Å². The first-order valence-electron chi connectivity index (χ1n) is 6.90. The highest BCUT2D eigenvalue weighted by molar-refractivity contribution is 7.14. The SMILES string of the molecule is CC(=O)c1ccc(CCNC(=O)C(=O)Nc2ccccc2Cl)s1. The van der Waals surface area contributed by atoms with E-state index in [0.29, 0.717) is 28.6 Å². The van der Waals surface area contributed by atoms with Gasteiger partial charge in [-0.15, -0.1) is 11.3 Å². The van der Waals surface area contributed by atoms with Gasteiger partial charge in [0.2, 0.25) is 0 Å². The minimum absolute atomic E-state index is 0.0180. The summed E-state index contributed by atoms with van der Waals surface area (Å²) in [6.07, 6.45) is 0.559. The molecule has 0 atom stereocenters. The lowest BCUT2D eigenvalue weighted by Gasteiger charge is -2.07. The van der Waals surface area contributed by atoms with E-state index in [1.165, 1.54) is 18.3 Å². The Balaban J connectivity index is 1.81. The average Bonchev–Trinajstić information content (AvgIpc) is 2.98. The summed E-state index contributed by atoms with van der Waals surface area (Å²) in [5, 5.41) is 5.35. The predicted octanol–water partition coefficient (Wildman–Crippen LogP) is 2.90. The molecule has 0 aliphatic rings. The van der Waals surface area contributed by atoms with E-state index in [2.05, 4.69) is 10.6 Å². The second kappa shape index (κ2) is 7.89. The maximum Gasteiger partial charge on any atom is 0.313 e. The Kier molecular flexibility index (Phi) is 5.90. The molecule has 0 aliphatic carbocycles. The molecule has 0 bridgehead atoms. The van der Waals surface area contributed by atoms with E-state index in [9.17, 15) is 14.4 Å². The van der Waals surface area contributed by atoms with Crippen LogP contribution >= 0.6 is 22.9 Å². The first-order valence-corrected chi connectivity index (χ1v) is 8.10. The number of hydrogen-bond donors (Lipinski definition) is 2. The minimum Gasteiger partial charge on any atom is -0.347 e. The van der Waals surface area contributed by atoms with Crippen LogP contribution in [-0.4, -0.2) is 24.1 Å². The fourth-order valence-corrected chi connectivity index (χ4v) is 2.91. The number of Topliss-reactive ketones (excluding diaryl/α,β-unsaturated/α-hetero) is 1. The van der Waals surface area contributed by atoms with Crippen molar-refractivity contribution in [2.45, 2.75) is 13.3 Å². The van der Waals surface area contributed by atoms with Gasteiger partial charge >= 0.3 is 11.8 Å². The van der Waals surface area contributed by atoms with Crippen LogP contribution in [0.4, 0.5) is 5.69 Å². The summed E-state index contributed by atoms with van der Waals surface area (Å²) in [7, 11) is 0. The third-order valence-corrected chi connectivity index (χ3v) is 4.57. The zero-order valence-electron chi connectivity index (χ0n) is 12.4. The maximum absolute atomic E-state index is 11.8. The minimum atomic E-state index is -0.770. The van der Waals surface area contributed by atoms with Gasteiger partial charge in [0.15, 0.2) is 5.78 Å². The van der Waals surface area contributed by atoms with Gasteiger partial charge in [0, 0.05) is 11.4 Å². The van der Waals surface area contributed by atoms with Gasteiger partial charge in [-0.2, -0.15) is 0 Å². The van der Waals surface area contributed by atoms with Crippen LogP contribution < -0.4 is 10.6 Å². The Morgan fingerprint density at radius 1 is 1.09 bits per heavy atom. The summed E-state index contributed by atoms with van der Waals surface area (Å²) >= 11 is 7.30. The van der Waals surface area contributed by atoms with E-state index < -0.39 is 11.8 Å². The van der Waals surface area contributed by atoms with Crippen LogP contribution in [0.3, 0.4) is 0 Å². The second-order valence-corrected chi connectivity index (χ2v) is 6.34. The van der Waals surface area contributed by atoms with Crippen LogP contribution in [0.1, 0.15) is 21.5 Å². The van der Waals surface area contributed by atoms with Crippen molar-refractivity contribution < 1.29 is 14.4 Å². The Bertz CT molecular complexity index is 742. The number of benzene rings is 1. The van der Waals surface area contributed by atoms with Gasteiger partial charge in [-0.1, -0.05) is 23.7 Å². The van der Waals surface area contributed by atoms with Crippen LogP contribution in [0.2, 0.25) is 5.02 Å². The molecule has 2 amide bonds. The molecular weight excluding hydrogens is 336 g/mol. The van der Waals surface area contributed by atoms with Gasteiger partial charge in [-0.05, 0) is 37.6 Å². The van der Waals surface area contributed by atoms with Gasteiger partial charge in [-0.25, -0.2) is 0 Å². The summed E-state index contributed by atoms with van der Waals surface area (Å²) in [4.78, 5) is 36.4. The number of ketones is 1. The summed E-state index contributed by atoms with van der Waals surface area (Å²) in [6.45, 7) is 1.82. The molecule has 2 aromatic rings. The third-order valence-electron chi connectivity index (χ3n) is 2.99. The predicted molar refractivity (Wildman–Crippen MR) is 91.1 cm³/mol. The largest absolute Gasteiger partial charge is 0.347 e. The molecule has 0 saturated carbocycles. The quantitative estimate of drug-likeness (QED) is 0.643. The second-order valence-electron chi connectivity index (χ2n) is 4.76. The van der Waals surface area contributed by atoms with Crippen molar-refractivity contribution in [3.05, 3.63) is 51.2 Å². The Morgan fingerprint density at radius 2 is 1.83 bits per heavy atom. The number of thiophene rings is 1. The topological polar surface area (TPSA) is 75.3 Å². The highest BCUT2D eigenvalue weighted by Crippen LogP contribution is 2.20. The fourth-order valence-electron chi connectivity index (χ4n) is 1.82. The van der Waals surface area contributed by atoms with Crippen LogP contribution in [0, 0.1) is 0 Å². The molecule has 0 saturated heterocycles. The number of para-hydroxylation sites is 1. The first kappa shape index (κ1) is 17.2. The lowest BCUT2D eigenvalue weighted by molar-refractivity contribution is -0.136. The van der Waals surface area contributed by atoms with Crippen molar-refractivity contribution >= 4 is 46.2 Å². The molecule has 0 fully saturated rings. The smallest absolute Gasteiger partial charge is 0.313 e. The molecule has 5 nitrogen and oxygen atoms in total. The highest BCUT2D eigenvalue weighted by atomic mass is 35.5. The van der Waals surface area contributed by atoms with Gasteiger partial charge in [0.25, 0.3) is 0 Å². The Labute approximate surface area is 142 Å². The molecule has 0 radical (unpaired) electrons. The number of amides is 2. The third kappa shape index (κ3) is 4.91. The summed E-state index contributed by atoms with van der Waals surface area (Å²) in [5.74, 6) is -1.48. The summed E-state index contributed by atoms with van der Waals surface area (Å²) < 4.78 is 0. The number of carbonyl (C=O) groups is 3. The molecule has 1 heterocycles. The number of halogens is 1. The molecule has 1 aromatic heterocycles. The van der Waals surface area contributed by atoms with Gasteiger partial charge in [0.1, 0.15) is 0 Å². The van der Waals surface area contributed by atoms with E-state index in [0.717, 1.165) is 4.88 Å².